The molecule has 3 aromatic heterocycles. The summed E-state index contributed by atoms with van der Waals surface area (Å²) in [6, 6.07) is 12.0. The molecule has 1 aromatic carbocycles. The van der Waals surface area contributed by atoms with Gasteiger partial charge >= 0.3 is 5.69 Å². The van der Waals surface area contributed by atoms with Crippen molar-refractivity contribution in [3.63, 3.8) is 0 Å². The maximum Gasteiger partial charge on any atom is 0.328 e. The van der Waals surface area contributed by atoms with Gasteiger partial charge in [0.1, 0.15) is 0 Å². The van der Waals surface area contributed by atoms with E-state index in [0.717, 1.165) is 65.5 Å². The van der Waals surface area contributed by atoms with Crippen LogP contribution in [0.5, 0.6) is 0 Å². The van der Waals surface area contributed by atoms with Crippen LogP contribution in [0.1, 0.15) is 69.0 Å². The Bertz CT molecular complexity index is 1330. The first-order chi connectivity index (χ1) is 17.7. The average molecular weight is 486 g/mol. The van der Waals surface area contributed by atoms with Crippen LogP contribution in [0, 0.1) is 12.8 Å². The third-order valence-corrected chi connectivity index (χ3v) is 7.55. The number of rotatable bonds is 9. The first kappa shape index (κ1) is 24.2. The molecule has 1 saturated carbocycles. The number of hydrogen-bond donors (Lipinski definition) is 1. The number of benzene rings is 1. The molecule has 3 heterocycles. The maximum atomic E-state index is 13.5. The number of nitrogens with one attached hydrogen (secondary N) is 1. The van der Waals surface area contributed by atoms with E-state index in [1.807, 2.05) is 45.7 Å². The van der Waals surface area contributed by atoms with Crippen molar-refractivity contribution in [1.82, 2.24) is 34.7 Å². The van der Waals surface area contributed by atoms with Gasteiger partial charge in [0.05, 0.1) is 12.2 Å². The minimum atomic E-state index is 0.0973. The molecule has 4 aromatic rings. The molecule has 0 amide bonds. The molecular formula is C28H35N7O. The van der Waals surface area contributed by atoms with Gasteiger partial charge in [-0.3, -0.25) is 14.1 Å². The second-order valence-electron chi connectivity index (χ2n) is 9.91. The Hall–Kier alpha value is -3.55. The number of H-pyrrole nitrogens is 1. The van der Waals surface area contributed by atoms with Gasteiger partial charge in [-0.05, 0) is 42.5 Å². The lowest BCUT2D eigenvalue weighted by molar-refractivity contribution is 0.321. The van der Waals surface area contributed by atoms with Crippen molar-refractivity contribution in [3.8, 4) is 22.5 Å². The summed E-state index contributed by atoms with van der Waals surface area (Å²) in [5.74, 6) is 1.31. The lowest BCUT2D eigenvalue weighted by Crippen LogP contribution is -2.27. The molecule has 8 heteroatoms. The van der Waals surface area contributed by atoms with E-state index in [1.165, 1.54) is 32.1 Å². The summed E-state index contributed by atoms with van der Waals surface area (Å²) in [5, 5.41) is 14.5. The van der Waals surface area contributed by atoms with Gasteiger partial charge in [-0.1, -0.05) is 75.8 Å². The lowest BCUT2D eigenvalue weighted by atomic mass is 9.87. The molecule has 1 N–H and O–H groups in total. The number of nitrogens with zero attached hydrogens (tertiary/aromatic N) is 6. The van der Waals surface area contributed by atoms with Crippen LogP contribution in [-0.2, 0) is 19.5 Å². The SMILES string of the molecule is CCCc1c(C)n(CCC2CCCCC2)c(=O)n1Cc1ccc(-c2ccccc2-c2nn[nH]n2)cn1. The summed E-state index contributed by atoms with van der Waals surface area (Å²) in [6.45, 7) is 5.58. The Kier molecular flexibility index (Phi) is 7.39. The van der Waals surface area contributed by atoms with Crippen LogP contribution in [-0.4, -0.2) is 34.7 Å². The molecular weight excluding hydrogens is 450 g/mol. The highest BCUT2D eigenvalue weighted by atomic mass is 16.1. The Morgan fingerprint density at radius 3 is 2.53 bits per heavy atom. The van der Waals surface area contributed by atoms with Gasteiger partial charge in [-0.25, -0.2) is 4.79 Å². The van der Waals surface area contributed by atoms with E-state index in [0.29, 0.717) is 12.4 Å². The number of tetrazole rings is 1. The Morgan fingerprint density at radius 2 is 1.83 bits per heavy atom. The topological polar surface area (TPSA) is 94.3 Å². The number of pyridine rings is 1. The van der Waals surface area contributed by atoms with Crippen molar-refractivity contribution in [2.75, 3.05) is 0 Å². The Labute approximate surface area is 211 Å². The molecule has 0 bridgehead atoms. The molecule has 0 spiro atoms. The van der Waals surface area contributed by atoms with Crippen LogP contribution in [0.15, 0.2) is 47.4 Å². The molecule has 0 unspecified atom stereocenters. The molecule has 8 nitrogen and oxygen atoms in total. The van der Waals surface area contributed by atoms with E-state index in [2.05, 4.69) is 40.5 Å². The second-order valence-corrected chi connectivity index (χ2v) is 9.91. The fraction of sp³-hybridized carbons (Fsp3) is 0.464. The van der Waals surface area contributed by atoms with Crippen LogP contribution in [0.4, 0.5) is 0 Å². The van der Waals surface area contributed by atoms with Crippen LogP contribution in [0.2, 0.25) is 0 Å². The zero-order valence-corrected chi connectivity index (χ0v) is 21.3. The van der Waals surface area contributed by atoms with E-state index in [9.17, 15) is 4.79 Å². The number of hydrogen-bond acceptors (Lipinski definition) is 5. The zero-order chi connectivity index (χ0) is 24.9. The summed E-state index contributed by atoms with van der Waals surface area (Å²) in [4.78, 5) is 18.2. The third-order valence-electron chi connectivity index (χ3n) is 7.55. The Morgan fingerprint density at radius 1 is 1.03 bits per heavy atom. The zero-order valence-electron chi connectivity index (χ0n) is 21.3. The first-order valence-electron chi connectivity index (χ1n) is 13.2. The molecule has 188 valence electrons. The minimum Gasteiger partial charge on any atom is -0.296 e. The number of aromatic amines is 1. The van der Waals surface area contributed by atoms with Crippen molar-refractivity contribution in [2.45, 2.75) is 78.3 Å². The van der Waals surface area contributed by atoms with Crippen LogP contribution >= 0.6 is 0 Å². The molecule has 0 saturated heterocycles. The highest BCUT2D eigenvalue weighted by molar-refractivity contribution is 5.79. The van der Waals surface area contributed by atoms with Crippen LogP contribution in [0.25, 0.3) is 22.5 Å². The van der Waals surface area contributed by atoms with Gasteiger partial charge in [0.2, 0.25) is 5.82 Å². The van der Waals surface area contributed by atoms with E-state index in [4.69, 9.17) is 4.98 Å². The fourth-order valence-corrected chi connectivity index (χ4v) is 5.57. The molecule has 36 heavy (non-hydrogen) atoms. The van der Waals surface area contributed by atoms with E-state index in [-0.39, 0.29) is 5.69 Å². The summed E-state index contributed by atoms with van der Waals surface area (Å²) in [5.41, 5.74) is 6.09. The van der Waals surface area contributed by atoms with Gasteiger partial charge in [0.25, 0.3) is 0 Å². The quantitative estimate of drug-likeness (QED) is 0.353. The van der Waals surface area contributed by atoms with Crippen molar-refractivity contribution in [3.05, 3.63) is 70.2 Å². The highest BCUT2D eigenvalue weighted by Crippen LogP contribution is 2.29. The Balaban J connectivity index is 1.38. The minimum absolute atomic E-state index is 0.0973. The predicted octanol–water partition coefficient (Wildman–Crippen LogP) is 5.17. The van der Waals surface area contributed by atoms with Gasteiger partial charge in [-0.2, -0.15) is 5.21 Å². The van der Waals surface area contributed by atoms with Crippen molar-refractivity contribution < 1.29 is 0 Å². The molecule has 1 aliphatic rings. The van der Waals surface area contributed by atoms with Crippen molar-refractivity contribution in [1.29, 1.82) is 0 Å². The summed E-state index contributed by atoms with van der Waals surface area (Å²) >= 11 is 0. The molecule has 0 atom stereocenters. The third kappa shape index (κ3) is 5.03. The van der Waals surface area contributed by atoms with Gasteiger partial charge in [0, 0.05) is 35.3 Å². The van der Waals surface area contributed by atoms with Crippen LogP contribution in [0.3, 0.4) is 0 Å². The summed E-state index contributed by atoms with van der Waals surface area (Å²) in [7, 11) is 0. The van der Waals surface area contributed by atoms with E-state index in [1.54, 1.807) is 0 Å². The smallest absolute Gasteiger partial charge is 0.296 e. The predicted molar refractivity (Wildman–Crippen MR) is 141 cm³/mol. The highest BCUT2D eigenvalue weighted by Gasteiger charge is 2.19. The lowest BCUT2D eigenvalue weighted by Gasteiger charge is -2.21. The van der Waals surface area contributed by atoms with E-state index >= 15 is 0 Å². The fourth-order valence-electron chi connectivity index (χ4n) is 5.57. The number of imidazole rings is 1. The molecule has 0 aliphatic heterocycles. The first-order valence-corrected chi connectivity index (χ1v) is 13.2. The van der Waals surface area contributed by atoms with Gasteiger partial charge < -0.3 is 0 Å². The average Bonchev–Trinajstić information content (AvgIpc) is 3.53. The van der Waals surface area contributed by atoms with Gasteiger partial charge in [-0.15, -0.1) is 10.2 Å². The molecule has 1 fully saturated rings. The number of aromatic nitrogens is 7. The standard InChI is InChI=1S/C28H35N7O/c1-3-9-26-20(2)34(17-16-21-10-5-4-6-11-21)28(36)35(26)19-23-15-14-22(18-29-23)24-12-7-8-13-25(24)27-30-32-33-31-27/h7-8,12-15,18,21H,3-6,9-11,16-17,19H2,1-2H3,(H,30,31,32,33). The van der Waals surface area contributed by atoms with Crippen molar-refractivity contribution in [2.24, 2.45) is 5.92 Å². The molecule has 5 rings (SSSR count). The summed E-state index contributed by atoms with van der Waals surface area (Å²) < 4.78 is 3.95. The monoisotopic (exact) mass is 485 g/mol. The van der Waals surface area contributed by atoms with Crippen LogP contribution < -0.4 is 5.69 Å². The summed E-state index contributed by atoms with van der Waals surface area (Å²) in [6.07, 6.45) is 11.5. The normalized spacial score (nSPS) is 14.4. The van der Waals surface area contributed by atoms with Crippen molar-refractivity contribution >= 4 is 0 Å². The molecule has 1 aliphatic carbocycles. The maximum absolute atomic E-state index is 13.5. The largest absolute Gasteiger partial charge is 0.328 e. The van der Waals surface area contributed by atoms with E-state index < -0.39 is 0 Å². The van der Waals surface area contributed by atoms with Gasteiger partial charge in [0.15, 0.2) is 0 Å². The second kappa shape index (κ2) is 11.0. The molecule has 0 radical (unpaired) electrons.